The third-order valence-electron chi connectivity index (χ3n) is 2.67. The fourth-order valence-corrected chi connectivity index (χ4v) is 1.79. The largest absolute Gasteiger partial charge is 0.399 e. The van der Waals surface area contributed by atoms with Gasteiger partial charge >= 0.3 is 0 Å². The van der Waals surface area contributed by atoms with Crippen molar-refractivity contribution in [1.29, 1.82) is 0 Å². The summed E-state index contributed by atoms with van der Waals surface area (Å²) in [5.41, 5.74) is 5.57. The Labute approximate surface area is 91.9 Å². The number of aromatic nitrogens is 1. The molecule has 0 radical (unpaired) electrons. The molecule has 2 heterocycles. The summed E-state index contributed by atoms with van der Waals surface area (Å²) in [6.45, 7) is -0.263. The van der Waals surface area contributed by atoms with Crippen molar-refractivity contribution in [2.75, 3.05) is 12.3 Å². The molecule has 0 bridgehead atoms. The number of pyridine rings is 1. The lowest BCUT2D eigenvalue weighted by Gasteiger charge is -2.14. The number of aliphatic hydroxyl groups is 2. The molecule has 16 heavy (non-hydrogen) atoms. The van der Waals surface area contributed by atoms with E-state index in [2.05, 4.69) is 0 Å². The zero-order valence-corrected chi connectivity index (χ0v) is 8.61. The number of hydrogen-bond donors (Lipinski definition) is 3. The smallest absolute Gasteiger partial charge is 0.254 e. The molecule has 4 N–H and O–H groups in total. The van der Waals surface area contributed by atoms with Crippen LogP contribution in [-0.4, -0.2) is 33.6 Å². The highest BCUT2D eigenvalue weighted by atomic mass is 16.5. The number of aliphatic hydroxyl groups excluding tert-OH is 2. The minimum absolute atomic E-state index is 0.263. The van der Waals surface area contributed by atoms with E-state index in [0.717, 1.165) is 0 Å². The molecule has 0 spiro atoms. The van der Waals surface area contributed by atoms with Crippen LogP contribution in [0.25, 0.3) is 0 Å². The molecule has 6 nitrogen and oxygen atoms in total. The second kappa shape index (κ2) is 4.25. The first kappa shape index (κ1) is 11.1. The molecule has 1 aliphatic rings. The molecule has 3 atom stereocenters. The maximum absolute atomic E-state index is 11.6. The van der Waals surface area contributed by atoms with Gasteiger partial charge in [-0.05, 0) is 6.07 Å². The molecule has 88 valence electrons. The maximum atomic E-state index is 11.6. The molecule has 1 aromatic heterocycles. The molecule has 0 saturated carbocycles. The summed E-state index contributed by atoms with van der Waals surface area (Å²) in [6.07, 6.45) is -0.113. The third-order valence-corrected chi connectivity index (χ3v) is 2.67. The Bertz CT molecular complexity index is 431. The number of nitrogen functional groups attached to an aromatic ring is 1. The standard InChI is InChI=1S/C10H14N2O4/c11-6-1-2-12(9(15)3-6)10-4-7(14)8(5-13)16-10/h1-3,7-8,10,13-14H,4-5,11H2/t7-,8+,10+/m0/s1. The normalized spacial score (nSPS) is 29.5. The molecule has 0 amide bonds. The number of ether oxygens (including phenoxy) is 1. The maximum Gasteiger partial charge on any atom is 0.254 e. The van der Waals surface area contributed by atoms with E-state index in [4.69, 9.17) is 15.6 Å². The van der Waals surface area contributed by atoms with Gasteiger partial charge in [-0.3, -0.25) is 9.36 Å². The summed E-state index contributed by atoms with van der Waals surface area (Å²) >= 11 is 0. The Morgan fingerprint density at radius 1 is 1.62 bits per heavy atom. The molecule has 6 heteroatoms. The summed E-state index contributed by atoms with van der Waals surface area (Å²) < 4.78 is 6.71. The molecule has 1 aromatic rings. The van der Waals surface area contributed by atoms with E-state index in [1.165, 1.54) is 16.8 Å². The van der Waals surface area contributed by atoms with Crippen LogP contribution in [0, 0.1) is 0 Å². The molecule has 1 aliphatic heterocycles. The first-order chi connectivity index (χ1) is 7.61. The quantitative estimate of drug-likeness (QED) is 0.605. The van der Waals surface area contributed by atoms with E-state index in [-0.39, 0.29) is 18.6 Å². The lowest BCUT2D eigenvalue weighted by atomic mass is 10.2. The second-order valence-electron chi connectivity index (χ2n) is 3.82. The van der Waals surface area contributed by atoms with E-state index in [1.807, 2.05) is 0 Å². The zero-order valence-electron chi connectivity index (χ0n) is 8.61. The first-order valence-electron chi connectivity index (χ1n) is 5.04. The Morgan fingerprint density at radius 2 is 2.38 bits per heavy atom. The van der Waals surface area contributed by atoms with Gasteiger partial charge < -0.3 is 20.7 Å². The Hall–Kier alpha value is -1.37. The SMILES string of the molecule is Nc1ccn([C@H]2C[C@H](O)[C@@H](CO)O2)c(=O)c1. The Morgan fingerprint density at radius 3 is 2.94 bits per heavy atom. The van der Waals surface area contributed by atoms with Gasteiger partial charge in [0.2, 0.25) is 0 Å². The van der Waals surface area contributed by atoms with E-state index < -0.39 is 18.4 Å². The van der Waals surface area contributed by atoms with Crippen molar-refractivity contribution < 1.29 is 14.9 Å². The van der Waals surface area contributed by atoms with Crippen molar-refractivity contribution in [3.05, 3.63) is 28.7 Å². The van der Waals surface area contributed by atoms with E-state index in [9.17, 15) is 9.90 Å². The van der Waals surface area contributed by atoms with E-state index in [0.29, 0.717) is 5.69 Å². The van der Waals surface area contributed by atoms with Crippen LogP contribution in [0.1, 0.15) is 12.6 Å². The molecular formula is C10H14N2O4. The van der Waals surface area contributed by atoms with Crippen LogP contribution in [0.5, 0.6) is 0 Å². The molecule has 0 unspecified atom stereocenters. The summed E-state index contributed by atoms with van der Waals surface area (Å²) in [7, 11) is 0. The van der Waals surface area contributed by atoms with Gasteiger partial charge in [0.1, 0.15) is 12.3 Å². The second-order valence-corrected chi connectivity index (χ2v) is 3.82. The third kappa shape index (κ3) is 1.95. The number of hydrogen-bond acceptors (Lipinski definition) is 5. The summed E-state index contributed by atoms with van der Waals surface area (Å²) in [5.74, 6) is 0. The van der Waals surface area contributed by atoms with Crippen LogP contribution in [0.4, 0.5) is 5.69 Å². The topological polar surface area (TPSA) is 97.7 Å². The van der Waals surface area contributed by atoms with Crippen molar-refractivity contribution in [3.8, 4) is 0 Å². The van der Waals surface area contributed by atoms with Crippen LogP contribution in [0.2, 0.25) is 0 Å². The van der Waals surface area contributed by atoms with E-state index >= 15 is 0 Å². The summed E-state index contributed by atoms with van der Waals surface area (Å²) in [5, 5.41) is 18.5. The number of nitrogens with two attached hydrogens (primary N) is 1. The van der Waals surface area contributed by atoms with Gasteiger partial charge in [-0.2, -0.15) is 0 Å². The minimum atomic E-state index is -0.751. The van der Waals surface area contributed by atoms with Gasteiger partial charge in [-0.1, -0.05) is 0 Å². The van der Waals surface area contributed by atoms with Gasteiger partial charge in [-0.15, -0.1) is 0 Å². The van der Waals surface area contributed by atoms with Crippen LogP contribution in [-0.2, 0) is 4.74 Å². The first-order valence-corrected chi connectivity index (χ1v) is 5.04. The lowest BCUT2D eigenvalue weighted by molar-refractivity contribution is -0.0454. The van der Waals surface area contributed by atoms with Crippen LogP contribution >= 0.6 is 0 Å². The van der Waals surface area contributed by atoms with Crippen molar-refractivity contribution in [2.45, 2.75) is 24.9 Å². The minimum Gasteiger partial charge on any atom is -0.399 e. The van der Waals surface area contributed by atoms with E-state index in [1.54, 1.807) is 6.07 Å². The van der Waals surface area contributed by atoms with Gasteiger partial charge in [0.15, 0.2) is 0 Å². The Balaban J connectivity index is 2.23. The van der Waals surface area contributed by atoms with Crippen LogP contribution in [0.3, 0.4) is 0 Å². The zero-order chi connectivity index (χ0) is 11.7. The van der Waals surface area contributed by atoms with Crippen molar-refractivity contribution >= 4 is 5.69 Å². The van der Waals surface area contributed by atoms with Gasteiger partial charge in [0.05, 0.1) is 12.7 Å². The molecule has 0 aromatic carbocycles. The fourth-order valence-electron chi connectivity index (χ4n) is 1.79. The average molecular weight is 226 g/mol. The van der Waals surface area contributed by atoms with Gasteiger partial charge in [0, 0.05) is 24.4 Å². The van der Waals surface area contributed by atoms with Gasteiger partial charge in [-0.25, -0.2) is 0 Å². The lowest BCUT2D eigenvalue weighted by Crippen LogP contribution is -2.25. The highest BCUT2D eigenvalue weighted by molar-refractivity contribution is 5.34. The highest BCUT2D eigenvalue weighted by Crippen LogP contribution is 2.27. The monoisotopic (exact) mass is 226 g/mol. The predicted molar refractivity (Wildman–Crippen MR) is 56.7 cm³/mol. The van der Waals surface area contributed by atoms with Crippen LogP contribution < -0.4 is 11.3 Å². The number of anilines is 1. The predicted octanol–water partition coefficient (Wildman–Crippen LogP) is -0.929. The molecular weight excluding hydrogens is 212 g/mol. The molecule has 2 rings (SSSR count). The number of nitrogens with zero attached hydrogens (tertiary/aromatic N) is 1. The molecule has 1 saturated heterocycles. The fraction of sp³-hybridized carbons (Fsp3) is 0.500. The van der Waals surface area contributed by atoms with Gasteiger partial charge in [0.25, 0.3) is 5.56 Å². The Kier molecular flexibility index (Phi) is 2.95. The van der Waals surface area contributed by atoms with Crippen LogP contribution in [0.15, 0.2) is 23.1 Å². The van der Waals surface area contributed by atoms with Crippen molar-refractivity contribution in [3.63, 3.8) is 0 Å². The molecule has 1 fully saturated rings. The summed E-state index contributed by atoms with van der Waals surface area (Å²) in [4.78, 5) is 11.6. The van der Waals surface area contributed by atoms with Crippen molar-refractivity contribution in [2.24, 2.45) is 0 Å². The number of rotatable bonds is 2. The average Bonchev–Trinajstić information content (AvgIpc) is 2.59. The summed E-state index contributed by atoms with van der Waals surface area (Å²) in [6, 6.07) is 2.88. The van der Waals surface area contributed by atoms with Crippen molar-refractivity contribution in [1.82, 2.24) is 4.57 Å². The highest BCUT2D eigenvalue weighted by Gasteiger charge is 2.34. The molecule has 0 aliphatic carbocycles.